The molecule has 1 aromatic heterocycles. The summed E-state index contributed by atoms with van der Waals surface area (Å²) in [5.74, 6) is -0.0489. The van der Waals surface area contributed by atoms with Gasteiger partial charge in [0.2, 0.25) is 0 Å². The van der Waals surface area contributed by atoms with Crippen LogP contribution in [0.2, 0.25) is 0 Å². The van der Waals surface area contributed by atoms with Gasteiger partial charge in [-0.15, -0.1) is 0 Å². The molecule has 0 fully saturated rings. The number of aromatic hydroxyl groups is 1. The van der Waals surface area contributed by atoms with E-state index in [1.165, 1.54) is 5.56 Å². The van der Waals surface area contributed by atoms with E-state index < -0.39 is 0 Å². The molecule has 0 spiro atoms. The molecule has 1 N–H and O–H groups in total. The Labute approximate surface area is 155 Å². The number of phenols is 1. The second kappa shape index (κ2) is 9.09. The molecule has 0 bridgehead atoms. The Bertz CT molecular complexity index is 866. The number of fused-ring (bicyclic) bond motifs is 1. The fraction of sp³-hybridized carbons (Fsp3) is 0.318. The van der Waals surface area contributed by atoms with Crippen LogP contribution in [0, 0.1) is 6.92 Å². The van der Waals surface area contributed by atoms with Gasteiger partial charge in [-0.1, -0.05) is 44.2 Å². The zero-order chi connectivity index (χ0) is 19.1. The van der Waals surface area contributed by atoms with Gasteiger partial charge in [0.1, 0.15) is 5.75 Å². The molecule has 26 heavy (non-hydrogen) atoms. The second-order valence-electron chi connectivity index (χ2n) is 5.82. The lowest BCUT2D eigenvalue weighted by atomic mass is 10.1. The van der Waals surface area contributed by atoms with Gasteiger partial charge in [0.15, 0.2) is 0 Å². The quantitative estimate of drug-likeness (QED) is 0.668. The van der Waals surface area contributed by atoms with Gasteiger partial charge in [0, 0.05) is 23.1 Å². The van der Waals surface area contributed by atoms with Crippen LogP contribution in [0.3, 0.4) is 0 Å². The highest BCUT2D eigenvalue weighted by Crippen LogP contribution is 2.30. The van der Waals surface area contributed by atoms with E-state index in [4.69, 9.17) is 4.74 Å². The SMILES string of the molecule is CC.CCOC(=O)Cc1c(C)n(Cc2ccccc2)c2ccc(O)cc12. The van der Waals surface area contributed by atoms with Gasteiger partial charge in [0.05, 0.1) is 13.0 Å². The first kappa shape index (κ1) is 19.6. The van der Waals surface area contributed by atoms with E-state index in [2.05, 4.69) is 16.7 Å². The monoisotopic (exact) mass is 353 g/mol. The molecule has 0 unspecified atom stereocenters. The molecule has 0 atom stereocenters. The number of nitrogens with zero attached hydrogens (tertiary/aromatic N) is 1. The van der Waals surface area contributed by atoms with E-state index in [0.717, 1.165) is 28.7 Å². The highest BCUT2D eigenvalue weighted by molar-refractivity contribution is 5.90. The first-order valence-electron chi connectivity index (χ1n) is 9.10. The normalized spacial score (nSPS) is 10.3. The van der Waals surface area contributed by atoms with E-state index in [1.54, 1.807) is 19.1 Å². The molecule has 4 nitrogen and oxygen atoms in total. The van der Waals surface area contributed by atoms with Gasteiger partial charge >= 0.3 is 5.97 Å². The van der Waals surface area contributed by atoms with Gasteiger partial charge in [-0.3, -0.25) is 4.79 Å². The average Bonchev–Trinajstić information content (AvgIpc) is 2.90. The lowest BCUT2D eigenvalue weighted by Crippen LogP contribution is -2.09. The van der Waals surface area contributed by atoms with Crippen LogP contribution in [-0.4, -0.2) is 22.2 Å². The van der Waals surface area contributed by atoms with Gasteiger partial charge < -0.3 is 14.4 Å². The van der Waals surface area contributed by atoms with Crippen LogP contribution in [0.15, 0.2) is 48.5 Å². The van der Waals surface area contributed by atoms with Gasteiger partial charge in [-0.25, -0.2) is 0 Å². The maximum Gasteiger partial charge on any atom is 0.310 e. The molecule has 0 aliphatic heterocycles. The third-order valence-electron chi connectivity index (χ3n) is 4.25. The number of ether oxygens (including phenoxy) is 1. The zero-order valence-electron chi connectivity index (χ0n) is 16.0. The van der Waals surface area contributed by atoms with Crippen molar-refractivity contribution in [2.75, 3.05) is 6.61 Å². The van der Waals surface area contributed by atoms with Crippen molar-refractivity contribution in [3.63, 3.8) is 0 Å². The van der Waals surface area contributed by atoms with Crippen molar-refractivity contribution in [2.45, 2.75) is 40.7 Å². The van der Waals surface area contributed by atoms with E-state index in [9.17, 15) is 9.90 Å². The summed E-state index contributed by atoms with van der Waals surface area (Å²) in [6, 6.07) is 15.5. The van der Waals surface area contributed by atoms with Crippen LogP contribution in [0.4, 0.5) is 0 Å². The summed E-state index contributed by atoms with van der Waals surface area (Å²) >= 11 is 0. The minimum absolute atomic E-state index is 0.199. The second-order valence-corrected chi connectivity index (χ2v) is 5.82. The Balaban J connectivity index is 0.00000117. The molecule has 0 saturated heterocycles. The van der Waals surface area contributed by atoms with Crippen LogP contribution < -0.4 is 0 Å². The lowest BCUT2D eigenvalue weighted by Gasteiger charge is -2.09. The predicted molar refractivity (Wildman–Crippen MR) is 106 cm³/mol. The Morgan fingerprint density at radius 1 is 1.12 bits per heavy atom. The van der Waals surface area contributed by atoms with Gasteiger partial charge in [-0.2, -0.15) is 0 Å². The Morgan fingerprint density at radius 3 is 2.46 bits per heavy atom. The molecular weight excluding hydrogens is 326 g/mol. The number of carbonyl (C=O) groups is 1. The van der Waals surface area contributed by atoms with Crippen LogP contribution in [0.1, 0.15) is 37.6 Å². The lowest BCUT2D eigenvalue weighted by molar-refractivity contribution is -0.142. The van der Waals surface area contributed by atoms with Crippen molar-refractivity contribution in [3.8, 4) is 5.75 Å². The molecule has 0 aliphatic rings. The summed E-state index contributed by atoms with van der Waals surface area (Å²) in [6.07, 6.45) is 0.210. The molecule has 138 valence electrons. The molecule has 4 heteroatoms. The summed E-state index contributed by atoms with van der Waals surface area (Å²) < 4.78 is 7.28. The molecular formula is C22H27NO3. The fourth-order valence-corrected chi connectivity index (χ4v) is 3.09. The number of aromatic nitrogens is 1. The Hall–Kier alpha value is -2.75. The summed E-state index contributed by atoms with van der Waals surface area (Å²) in [5.41, 5.74) is 4.13. The van der Waals surface area contributed by atoms with Gasteiger partial charge in [-0.05, 0) is 43.2 Å². The predicted octanol–water partition coefficient (Wildman–Crippen LogP) is 4.84. The van der Waals surface area contributed by atoms with Crippen molar-refractivity contribution in [1.82, 2.24) is 4.57 Å². The Kier molecular flexibility index (Phi) is 6.84. The number of hydrogen-bond acceptors (Lipinski definition) is 3. The van der Waals surface area contributed by atoms with Crippen LogP contribution in [0.5, 0.6) is 5.75 Å². The highest BCUT2D eigenvalue weighted by atomic mass is 16.5. The van der Waals surface area contributed by atoms with Crippen molar-refractivity contribution < 1.29 is 14.6 Å². The third kappa shape index (κ3) is 4.26. The van der Waals surface area contributed by atoms with Crippen molar-refractivity contribution in [1.29, 1.82) is 0 Å². The maximum atomic E-state index is 12.0. The number of carbonyl (C=O) groups excluding carboxylic acids is 1. The summed E-state index contributed by atoms with van der Waals surface area (Å²) in [7, 11) is 0. The topological polar surface area (TPSA) is 51.5 Å². The first-order valence-corrected chi connectivity index (χ1v) is 9.10. The van der Waals surface area contributed by atoms with Crippen LogP contribution >= 0.6 is 0 Å². The van der Waals surface area contributed by atoms with Gasteiger partial charge in [0.25, 0.3) is 0 Å². The molecule has 0 aliphatic carbocycles. The van der Waals surface area contributed by atoms with E-state index in [1.807, 2.05) is 45.0 Å². The first-order chi connectivity index (χ1) is 12.6. The molecule has 2 aromatic carbocycles. The molecule has 1 heterocycles. The molecule has 0 amide bonds. The van der Waals surface area contributed by atoms with E-state index >= 15 is 0 Å². The van der Waals surface area contributed by atoms with Crippen molar-refractivity contribution in [2.24, 2.45) is 0 Å². The summed E-state index contributed by atoms with van der Waals surface area (Å²) in [6.45, 7) is 8.90. The van der Waals surface area contributed by atoms with Crippen LogP contribution in [0.25, 0.3) is 10.9 Å². The maximum absolute atomic E-state index is 12.0. The van der Waals surface area contributed by atoms with Crippen molar-refractivity contribution >= 4 is 16.9 Å². The number of phenolic OH excluding ortho intramolecular Hbond substituents is 1. The molecule has 0 radical (unpaired) electrons. The van der Waals surface area contributed by atoms with E-state index in [-0.39, 0.29) is 18.1 Å². The largest absolute Gasteiger partial charge is 0.508 e. The highest BCUT2D eigenvalue weighted by Gasteiger charge is 2.18. The van der Waals surface area contributed by atoms with E-state index in [0.29, 0.717) is 6.61 Å². The Morgan fingerprint density at radius 2 is 1.81 bits per heavy atom. The minimum atomic E-state index is -0.247. The number of hydrogen-bond donors (Lipinski definition) is 1. The number of rotatable bonds is 5. The standard InChI is InChI=1S/C20H21NO3.C2H6/c1-3-24-20(23)12-17-14(2)21(13-15-7-5-4-6-8-15)19-10-9-16(22)11-18(17)19;1-2/h4-11,22H,3,12-13H2,1-2H3;1-2H3. The number of esters is 1. The molecule has 3 aromatic rings. The molecule has 0 saturated carbocycles. The van der Waals surface area contributed by atoms with Crippen molar-refractivity contribution in [3.05, 3.63) is 65.4 Å². The smallest absolute Gasteiger partial charge is 0.310 e. The minimum Gasteiger partial charge on any atom is -0.508 e. The average molecular weight is 353 g/mol. The zero-order valence-corrected chi connectivity index (χ0v) is 16.0. The summed E-state index contributed by atoms with van der Waals surface area (Å²) in [5, 5.41) is 10.8. The molecule has 3 rings (SSSR count). The van der Waals surface area contributed by atoms with Crippen LogP contribution in [-0.2, 0) is 22.5 Å². The summed E-state index contributed by atoms with van der Waals surface area (Å²) in [4.78, 5) is 12.0. The fourth-order valence-electron chi connectivity index (χ4n) is 3.09. The third-order valence-corrected chi connectivity index (χ3v) is 4.25. The number of benzene rings is 2.